The van der Waals surface area contributed by atoms with Crippen molar-refractivity contribution in [2.45, 2.75) is 6.42 Å². The van der Waals surface area contributed by atoms with E-state index in [1.165, 1.54) is 11.6 Å². The first-order valence-corrected chi connectivity index (χ1v) is 5.37. The van der Waals surface area contributed by atoms with Crippen LogP contribution in [0.1, 0.15) is 16.1 Å². The first kappa shape index (κ1) is 9.89. The Balaban J connectivity index is 1.95. The van der Waals surface area contributed by atoms with E-state index in [2.05, 4.69) is 5.16 Å². The molecule has 0 spiro atoms. The summed E-state index contributed by atoms with van der Waals surface area (Å²) in [7, 11) is 0. The molecule has 2 N–H and O–H groups in total. The van der Waals surface area contributed by atoms with Crippen LogP contribution in [0.15, 0.2) is 34.9 Å². The molecule has 0 saturated heterocycles. The van der Waals surface area contributed by atoms with Gasteiger partial charge in [-0.15, -0.1) is 0 Å². The summed E-state index contributed by atoms with van der Waals surface area (Å²) in [4.78, 5) is 13.8. The van der Waals surface area contributed by atoms with Gasteiger partial charge in [0, 0.05) is 18.3 Å². The maximum atomic E-state index is 12.2. The van der Waals surface area contributed by atoms with Crippen LogP contribution in [0.2, 0.25) is 0 Å². The van der Waals surface area contributed by atoms with Gasteiger partial charge in [0.1, 0.15) is 0 Å². The number of fused-ring (bicyclic) bond motifs is 1. The van der Waals surface area contributed by atoms with Gasteiger partial charge in [-0.2, -0.15) is 0 Å². The smallest absolute Gasteiger partial charge is 0.296 e. The van der Waals surface area contributed by atoms with Crippen LogP contribution in [0.5, 0.6) is 0 Å². The van der Waals surface area contributed by atoms with Crippen LogP contribution in [0, 0.1) is 0 Å². The van der Waals surface area contributed by atoms with Gasteiger partial charge in [0.2, 0.25) is 5.76 Å². The molecule has 1 aliphatic heterocycles. The Labute approximate surface area is 97.8 Å². The summed E-state index contributed by atoms with van der Waals surface area (Å²) in [5, 5.41) is 3.52. The molecule has 0 saturated carbocycles. The lowest BCUT2D eigenvalue weighted by molar-refractivity contribution is 0.0954. The molecule has 5 heteroatoms. The quantitative estimate of drug-likeness (QED) is 0.803. The maximum absolute atomic E-state index is 12.2. The number of amides is 1. The number of nitrogen functional groups attached to an aromatic ring is 1. The van der Waals surface area contributed by atoms with Gasteiger partial charge in [-0.05, 0) is 18.1 Å². The normalized spacial score (nSPS) is 13.8. The summed E-state index contributed by atoms with van der Waals surface area (Å²) < 4.78 is 4.89. The van der Waals surface area contributed by atoms with E-state index >= 15 is 0 Å². The van der Waals surface area contributed by atoms with Gasteiger partial charge >= 0.3 is 0 Å². The number of carbonyl (C=O) groups is 1. The third-order valence-electron chi connectivity index (χ3n) is 2.87. The van der Waals surface area contributed by atoms with Crippen molar-refractivity contribution in [3.05, 3.63) is 41.7 Å². The molecule has 3 rings (SSSR count). The number of benzene rings is 1. The Hall–Kier alpha value is -2.30. The molecular weight excluding hydrogens is 218 g/mol. The predicted molar refractivity (Wildman–Crippen MR) is 62.7 cm³/mol. The molecule has 5 nitrogen and oxygen atoms in total. The highest BCUT2D eigenvalue weighted by Crippen LogP contribution is 2.28. The second-order valence-corrected chi connectivity index (χ2v) is 3.95. The number of anilines is 2. The Kier molecular flexibility index (Phi) is 2.11. The largest absolute Gasteiger partial charge is 0.381 e. The van der Waals surface area contributed by atoms with Crippen LogP contribution >= 0.6 is 0 Å². The van der Waals surface area contributed by atoms with Crippen molar-refractivity contribution in [2.24, 2.45) is 0 Å². The van der Waals surface area contributed by atoms with Crippen LogP contribution in [-0.2, 0) is 6.42 Å². The lowest BCUT2D eigenvalue weighted by atomic mass is 10.2. The number of hydrogen-bond donors (Lipinski definition) is 1. The van der Waals surface area contributed by atoms with E-state index in [9.17, 15) is 4.79 Å². The molecule has 2 heterocycles. The van der Waals surface area contributed by atoms with E-state index in [1.54, 1.807) is 4.90 Å². The fourth-order valence-corrected chi connectivity index (χ4v) is 2.07. The minimum atomic E-state index is -0.195. The Morgan fingerprint density at radius 2 is 2.24 bits per heavy atom. The molecular formula is C12H11N3O2. The van der Waals surface area contributed by atoms with Crippen molar-refractivity contribution in [1.82, 2.24) is 5.16 Å². The first-order valence-electron chi connectivity index (χ1n) is 5.37. The fourth-order valence-electron chi connectivity index (χ4n) is 2.07. The van der Waals surface area contributed by atoms with Crippen molar-refractivity contribution in [1.29, 1.82) is 0 Å². The minimum Gasteiger partial charge on any atom is -0.381 e. The molecule has 0 atom stereocenters. The predicted octanol–water partition coefficient (Wildman–Crippen LogP) is 1.46. The van der Waals surface area contributed by atoms with Gasteiger partial charge < -0.3 is 15.2 Å². The van der Waals surface area contributed by atoms with Crippen molar-refractivity contribution in [2.75, 3.05) is 17.2 Å². The Bertz CT molecular complexity index is 577. The third-order valence-corrected chi connectivity index (χ3v) is 2.87. The lowest BCUT2D eigenvalue weighted by Crippen LogP contribution is -2.28. The number of aromatic nitrogens is 1. The summed E-state index contributed by atoms with van der Waals surface area (Å²) in [5.41, 5.74) is 7.55. The topological polar surface area (TPSA) is 72.4 Å². The Morgan fingerprint density at radius 3 is 3.00 bits per heavy atom. The van der Waals surface area contributed by atoms with Crippen LogP contribution < -0.4 is 10.6 Å². The van der Waals surface area contributed by atoms with Gasteiger partial charge in [-0.25, -0.2) is 0 Å². The van der Waals surface area contributed by atoms with Gasteiger partial charge in [0.25, 0.3) is 5.91 Å². The zero-order chi connectivity index (χ0) is 11.8. The van der Waals surface area contributed by atoms with E-state index in [0.29, 0.717) is 6.54 Å². The van der Waals surface area contributed by atoms with Gasteiger partial charge in [-0.1, -0.05) is 23.4 Å². The van der Waals surface area contributed by atoms with Crippen molar-refractivity contribution < 1.29 is 9.32 Å². The SMILES string of the molecule is Nc1cc(C(=O)N2CCc3ccccc32)on1. The second-order valence-electron chi connectivity index (χ2n) is 3.95. The van der Waals surface area contributed by atoms with E-state index in [4.69, 9.17) is 10.3 Å². The van der Waals surface area contributed by atoms with E-state index in [1.807, 2.05) is 24.3 Å². The molecule has 0 unspecified atom stereocenters. The average Bonchev–Trinajstić information content (AvgIpc) is 2.94. The fraction of sp³-hybridized carbons (Fsp3) is 0.167. The third kappa shape index (κ3) is 1.56. The number of hydrogen-bond acceptors (Lipinski definition) is 4. The highest BCUT2D eigenvalue weighted by atomic mass is 16.5. The molecule has 1 aromatic heterocycles. The van der Waals surface area contributed by atoms with Gasteiger partial charge in [0.15, 0.2) is 5.82 Å². The molecule has 86 valence electrons. The Morgan fingerprint density at radius 1 is 1.41 bits per heavy atom. The van der Waals surface area contributed by atoms with E-state index in [0.717, 1.165) is 12.1 Å². The molecule has 0 radical (unpaired) electrons. The van der Waals surface area contributed by atoms with E-state index in [-0.39, 0.29) is 17.5 Å². The van der Waals surface area contributed by atoms with Crippen molar-refractivity contribution >= 4 is 17.4 Å². The number of carbonyl (C=O) groups excluding carboxylic acids is 1. The average molecular weight is 229 g/mol. The second kappa shape index (κ2) is 3.62. The summed E-state index contributed by atoms with van der Waals surface area (Å²) in [6.07, 6.45) is 0.867. The summed E-state index contributed by atoms with van der Waals surface area (Å²) in [5.74, 6) is 0.208. The molecule has 0 bridgehead atoms. The first-order chi connectivity index (χ1) is 8.25. The summed E-state index contributed by atoms with van der Waals surface area (Å²) in [6, 6.07) is 9.29. The number of para-hydroxylation sites is 1. The van der Waals surface area contributed by atoms with Gasteiger partial charge in [-0.3, -0.25) is 4.79 Å². The lowest BCUT2D eigenvalue weighted by Gasteiger charge is -2.14. The highest BCUT2D eigenvalue weighted by molar-refractivity contribution is 6.05. The van der Waals surface area contributed by atoms with Crippen LogP contribution in [0.3, 0.4) is 0 Å². The molecule has 0 aliphatic carbocycles. The van der Waals surface area contributed by atoms with Gasteiger partial charge in [0.05, 0.1) is 0 Å². The summed E-state index contributed by atoms with van der Waals surface area (Å²) in [6.45, 7) is 0.665. The minimum absolute atomic E-state index is 0.180. The highest BCUT2D eigenvalue weighted by Gasteiger charge is 2.27. The van der Waals surface area contributed by atoms with Crippen LogP contribution in [-0.4, -0.2) is 17.6 Å². The summed E-state index contributed by atoms with van der Waals surface area (Å²) >= 11 is 0. The monoisotopic (exact) mass is 229 g/mol. The molecule has 2 aromatic rings. The van der Waals surface area contributed by atoms with E-state index < -0.39 is 0 Å². The molecule has 0 fully saturated rings. The van der Waals surface area contributed by atoms with Crippen LogP contribution in [0.25, 0.3) is 0 Å². The number of nitrogens with two attached hydrogens (primary N) is 1. The van der Waals surface area contributed by atoms with Crippen molar-refractivity contribution in [3.8, 4) is 0 Å². The molecule has 1 amide bonds. The van der Waals surface area contributed by atoms with Crippen molar-refractivity contribution in [3.63, 3.8) is 0 Å². The molecule has 17 heavy (non-hydrogen) atoms. The molecule has 1 aromatic carbocycles. The standard InChI is InChI=1S/C12H11N3O2/c13-11-7-10(17-14-11)12(16)15-6-5-8-3-1-2-4-9(8)15/h1-4,7H,5-6H2,(H2,13,14). The zero-order valence-electron chi connectivity index (χ0n) is 9.09. The molecule has 1 aliphatic rings. The zero-order valence-corrected chi connectivity index (χ0v) is 9.09. The van der Waals surface area contributed by atoms with Crippen LogP contribution in [0.4, 0.5) is 11.5 Å². The number of rotatable bonds is 1. The maximum Gasteiger partial charge on any atom is 0.296 e. The number of nitrogens with zero attached hydrogens (tertiary/aromatic N) is 2.